The van der Waals surface area contributed by atoms with Crippen LogP contribution in [0.25, 0.3) is 0 Å². The van der Waals surface area contributed by atoms with E-state index < -0.39 is 0 Å². The molecule has 88 valence electrons. The minimum atomic E-state index is 0.133. The molecule has 2 aromatic rings. The lowest BCUT2D eigenvalue weighted by molar-refractivity contribution is 0.111. The first-order chi connectivity index (χ1) is 8.35. The maximum absolute atomic E-state index is 10.9. The van der Waals surface area contributed by atoms with Gasteiger partial charge < -0.3 is 9.47 Å². The van der Waals surface area contributed by atoms with E-state index in [2.05, 4.69) is 20.6 Å². The van der Waals surface area contributed by atoms with E-state index in [0.29, 0.717) is 29.2 Å². The predicted octanol–water partition coefficient (Wildman–Crippen LogP) is 0.600. The molecule has 1 N–H and O–H groups in total. The zero-order valence-electron chi connectivity index (χ0n) is 9.08. The largest absolute Gasteiger partial charge is 0.493 e. The van der Waals surface area contributed by atoms with Crippen LogP contribution in [-0.4, -0.2) is 34.0 Å². The van der Waals surface area contributed by atoms with Gasteiger partial charge in [-0.15, -0.1) is 5.10 Å². The Morgan fingerprint density at radius 3 is 3.00 bits per heavy atom. The van der Waals surface area contributed by atoms with E-state index >= 15 is 0 Å². The van der Waals surface area contributed by atoms with Gasteiger partial charge in [0.25, 0.3) is 0 Å². The minimum absolute atomic E-state index is 0.133. The third-order valence-corrected chi connectivity index (χ3v) is 2.10. The molecule has 0 aliphatic heterocycles. The quantitative estimate of drug-likeness (QED) is 0.762. The number of rotatable bonds is 5. The lowest BCUT2D eigenvalue weighted by Gasteiger charge is -2.10. The third kappa shape index (κ3) is 2.39. The summed E-state index contributed by atoms with van der Waals surface area (Å²) in [5.41, 5.74) is 0.414. The second-order valence-electron chi connectivity index (χ2n) is 3.13. The Labute approximate surface area is 96.7 Å². The molecule has 0 saturated heterocycles. The van der Waals surface area contributed by atoms with Gasteiger partial charge in [-0.25, -0.2) is 5.10 Å². The van der Waals surface area contributed by atoms with Crippen molar-refractivity contribution >= 4 is 6.29 Å². The van der Waals surface area contributed by atoms with Crippen LogP contribution >= 0.6 is 0 Å². The van der Waals surface area contributed by atoms with Crippen molar-refractivity contribution in [1.29, 1.82) is 0 Å². The Kier molecular flexibility index (Phi) is 3.29. The summed E-state index contributed by atoms with van der Waals surface area (Å²) in [7, 11) is 1.51. The summed E-state index contributed by atoms with van der Waals surface area (Å²) < 4.78 is 10.6. The lowest BCUT2D eigenvalue weighted by Crippen LogP contribution is -2.02. The average Bonchev–Trinajstić information content (AvgIpc) is 2.88. The lowest BCUT2D eigenvalue weighted by atomic mass is 10.2. The highest BCUT2D eigenvalue weighted by Crippen LogP contribution is 2.30. The van der Waals surface area contributed by atoms with E-state index in [1.54, 1.807) is 18.2 Å². The van der Waals surface area contributed by atoms with Gasteiger partial charge in [0, 0.05) is 0 Å². The first-order valence-corrected chi connectivity index (χ1v) is 4.82. The number of ether oxygens (including phenoxy) is 2. The molecule has 0 aliphatic carbocycles. The number of aromatic amines is 1. The smallest absolute Gasteiger partial charge is 0.186 e. The molecule has 1 heterocycles. The molecule has 0 fully saturated rings. The van der Waals surface area contributed by atoms with Crippen molar-refractivity contribution in [2.45, 2.75) is 6.61 Å². The predicted molar refractivity (Wildman–Crippen MR) is 56.9 cm³/mol. The molecular weight excluding hydrogens is 224 g/mol. The maximum atomic E-state index is 10.9. The summed E-state index contributed by atoms with van der Waals surface area (Å²) in [6, 6.07) is 5.07. The summed E-state index contributed by atoms with van der Waals surface area (Å²) in [6.45, 7) is 0.133. The summed E-state index contributed by atoms with van der Waals surface area (Å²) in [4.78, 5) is 10.9. The van der Waals surface area contributed by atoms with Gasteiger partial charge in [-0.3, -0.25) is 4.79 Å². The molecule has 1 aromatic heterocycles. The number of methoxy groups -OCH3 is 1. The van der Waals surface area contributed by atoms with Crippen LogP contribution in [0.4, 0.5) is 0 Å². The summed E-state index contributed by atoms with van der Waals surface area (Å²) in [5, 5.41) is 13.1. The van der Waals surface area contributed by atoms with Crippen molar-refractivity contribution in [1.82, 2.24) is 20.6 Å². The van der Waals surface area contributed by atoms with Crippen molar-refractivity contribution in [3.8, 4) is 11.5 Å². The van der Waals surface area contributed by atoms with Crippen LogP contribution in [0, 0.1) is 0 Å². The van der Waals surface area contributed by atoms with E-state index in [1.807, 2.05) is 0 Å². The number of benzene rings is 1. The normalized spacial score (nSPS) is 9.94. The summed E-state index contributed by atoms with van der Waals surface area (Å²) >= 11 is 0. The molecule has 0 radical (unpaired) electrons. The Balaban J connectivity index is 2.21. The van der Waals surface area contributed by atoms with E-state index in [0.717, 1.165) is 0 Å². The molecule has 1 aromatic carbocycles. The molecule has 7 heteroatoms. The fourth-order valence-electron chi connectivity index (χ4n) is 1.32. The third-order valence-electron chi connectivity index (χ3n) is 2.10. The molecule has 0 amide bonds. The number of nitrogens with zero attached hydrogens (tertiary/aromatic N) is 3. The van der Waals surface area contributed by atoms with Gasteiger partial charge in [0.1, 0.15) is 6.61 Å². The maximum Gasteiger partial charge on any atom is 0.186 e. The van der Waals surface area contributed by atoms with Gasteiger partial charge in [0.2, 0.25) is 0 Å². The fourth-order valence-corrected chi connectivity index (χ4v) is 1.32. The van der Waals surface area contributed by atoms with Crippen LogP contribution in [0.2, 0.25) is 0 Å². The molecule has 7 nitrogen and oxygen atoms in total. The zero-order chi connectivity index (χ0) is 12.1. The first-order valence-electron chi connectivity index (χ1n) is 4.82. The molecule has 0 saturated carbocycles. The Morgan fingerprint density at radius 1 is 1.47 bits per heavy atom. The second kappa shape index (κ2) is 5.06. The number of tetrazole rings is 1. The van der Waals surface area contributed by atoms with Crippen molar-refractivity contribution < 1.29 is 14.3 Å². The van der Waals surface area contributed by atoms with E-state index in [1.165, 1.54) is 7.11 Å². The van der Waals surface area contributed by atoms with E-state index in [9.17, 15) is 4.79 Å². The highest BCUT2D eigenvalue weighted by atomic mass is 16.5. The number of para-hydroxylation sites is 1. The zero-order valence-corrected chi connectivity index (χ0v) is 9.08. The van der Waals surface area contributed by atoms with Gasteiger partial charge >= 0.3 is 0 Å². The number of carbonyl (C=O) groups excluding carboxylic acids is 1. The molecule has 0 atom stereocenters. The number of nitrogens with one attached hydrogen (secondary N) is 1. The molecular formula is C10H10N4O3. The first kappa shape index (κ1) is 11.1. The second-order valence-corrected chi connectivity index (χ2v) is 3.13. The van der Waals surface area contributed by atoms with Crippen molar-refractivity contribution in [2.24, 2.45) is 0 Å². The van der Waals surface area contributed by atoms with Crippen LogP contribution in [0.15, 0.2) is 18.2 Å². The van der Waals surface area contributed by atoms with Crippen molar-refractivity contribution in [3.63, 3.8) is 0 Å². The molecule has 0 aliphatic rings. The van der Waals surface area contributed by atoms with Gasteiger partial charge in [-0.1, -0.05) is 6.07 Å². The molecule has 0 unspecified atom stereocenters. The number of carbonyl (C=O) groups is 1. The number of aromatic nitrogens is 4. The minimum Gasteiger partial charge on any atom is -0.493 e. The topological polar surface area (TPSA) is 90.0 Å². The number of H-pyrrole nitrogens is 1. The monoisotopic (exact) mass is 234 g/mol. The van der Waals surface area contributed by atoms with Crippen LogP contribution < -0.4 is 9.47 Å². The Morgan fingerprint density at radius 2 is 2.35 bits per heavy atom. The van der Waals surface area contributed by atoms with Crippen LogP contribution in [0.3, 0.4) is 0 Å². The van der Waals surface area contributed by atoms with Crippen LogP contribution in [0.5, 0.6) is 11.5 Å². The molecule has 0 spiro atoms. The highest BCUT2D eigenvalue weighted by molar-refractivity contribution is 5.81. The van der Waals surface area contributed by atoms with Crippen molar-refractivity contribution in [2.75, 3.05) is 7.11 Å². The van der Waals surface area contributed by atoms with Gasteiger partial charge in [0.05, 0.1) is 12.7 Å². The van der Waals surface area contributed by atoms with Gasteiger partial charge in [0.15, 0.2) is 23.6 Å². The molecule has 0 bridgehead atoms. The van der Waals surface area contributed by atoms with Crippen molar-refractivity contribution in [3.05, 3.63) is 29.6 Å². The summed E-state index contributed by atoms with van der Waals surface area (Å²) in [5.74, 6) is 1.33. The molecule has 17 heavy (non-hydrogen) atoms. The number of hydrogen-bond acceptors (Lipinski definition) is 6. The number of hydrogen-bond donors (Lipinski definition) is 1. The van der Waals surface area contributed by atoms with Crippen LogP contribution in [0.1, 0.15) is 16.2 Å². The van der Waals surface area contributed by atoms with E-state index in [4.69, 9.17) is 9.47 Å². The highest BCUT2D eigenvalue weighted by Gasteiger charge is 2.10. The fraction of sp³-hybridized carbons (Fsp3) is 0.200. The average molecular weight is 234 g/mol. The van der Waals surface area contributed by atoms with E-state index in [-0.39, 0.29) is 6.61 Å². The summed E-state index contributed by atoms with van der Waals surface area (Å²) in [6.07, 6.45) is 0.705. The molecule has 2 rings (SSSR count). The Hall–Kier alpha value is -2.44. The Bertz CT molecular complexity index is 498. The SMILES string of the molecule is COc1cccc(C=O)c1OCc1nnn[nH]1. The number of aldehydes is 1. The van der Waals surface area contributed by atoms with Gasteiger partial charge in [-0.2, -0.15) is 0 Å². The van der Waals surface area contributed by atoms with Gasteiger partial charge in [-0.05, 0) is 22.6 Å². The van der Waals surface area contributed by atoms with Crippen LogP contribution in [-0.2, 0) is 6.61 Å². The standard InChI is InChI=1S/C10H10N4O3/c1-16-8-4-2-3-7(5-15)10(8)17-6-9-11-13-14-12-9/h2-5H,6H2,1H3,(H,11,12,13,14).